The van der Waals surface area contributed by atoms with Gasteiger partial charge >= 0.3 is 0 Å². The molecular weight excluding hydrogens is 410 g/mol. The molecule has 1 atom stereocenters. The zero-order valence-electron chi connectivity index (χ0n) is 10.7. The van der Waals surface area contributed by atoms with Crippen LogP contribution in [0.1, 0.15) is 22.9 Å². The van der Waals surface area contributed by atoms with Gasteiger partial charge < -0.3 is 4.74 Å². The highest BCUT2D eigenvalue weighted by atomic mass is 79.9. The molecule has 0 saturated carbocycles. The van der Waals surface area contributed by atoms with Gasteiger partial charge in [-0.15, -0.1) is 0 Å². The van der Waals surface area contributed by atoms with Crippen LogP contribution < -0.4 is 4.74 Å². The van der Waals surface area contributed by atoms with E-state index in [1.807, 2.05) is 25.1 Å². The zero-order chi connectivity index (χ0) is 14.7. The largest absolute Gasteiger partial charge is 0.494 e. The van der Waals surface area contributed by atoms with Crippen LogP contribution >= 0.6 is 43.5 Å². The normalized spacial score (nSPS) is 12.2. The molecule has 0 spiro atoms. The number of alkyl halides is 1. The van der Waals surface area contributed by atoms with E-state index in [0.717, 1.165) is 15.8 Å². The van der Waals surface area contributed by atoms with Crippen LogP contribution in [0, 0.1) is 5.82 Å². The number of rotatable bonds is 4. The molecule has 0 aliphatic heterocycles. The Morgan fingerprint density at radius 1 is 1.25 bits per heavy atom. The van der Waals surface area contributed by atoms with E-state index in [4.69, 9.17) is 16.3 Å². The molecule has 2 rings (SSSR count). The van der Waals surface area contributed by atoms with Crippen molar-refractivity contribution in [1.29, 1.82) is 0 Å². The fraction of sp³-hybridized carbons (Fsp3) is 0.200. The summed E-state index contributed by atoms with van der Waals surface area (Å²) in [4.78, 5) is -0.198. The Hall–Kier alpha value is -0.580. The van der Waals surface area contributed by atoms with Gasteiger partial charge in [-0.25, -0.2) is 4.39 Å². The predicted molar refractivity (Wildman–Crippen MR) is 87.5 cm³/mol. The molecule has 1 nitrogen and oxygen atoms in total. The van der Waals surface area contributed by atoms with Gasteiger partial charge in [0.2, 0.25) is 0 Å². The van der Waals surface area contributed by atoms with Crippen LogP contribution in [-0.4, -0.2) is 6.61 Å². The third kappa shape index (κ3) is 3.35. The average molecular weight is 423 g/mol. The molecule has 0 aliphatic carbocycles. The van der Waals surface area contributed by atoms with E-state index >= 15 is 0 Å². The fourth-order valence-electron chi connectivity index (χ4n) is 1.85. The average Bonchev–Trinajstić information content (AvgIpc) is 2.42. The van der Waals surface area contributed by atoms with Gasteiger partial charge in [0, 0.05) is 4.47 Å². The lowest BCUT2D eigenvalue weighted by molar-refractivity contribution is 0.340. The van der Waals surface area contributed by atoms with Crippen molar-refractivity contribution in [3.8, 4) is 5.75 Å². The van der Waals surface area contributed by atoms with Crippen LogP contribution in [0.4, 0.5) is 4.39 Å². The highest BCUT2D eigenvalue weighted by Gasteiger charge is 2.18. The zero-order valence-corrected chi connectivity index (χ0v) is 14.6. The summed E-state index contributed by atoms with van der Waals surface area (Å²) in [6.07, 6.45) is 0. The smallest absolute Gasteiger partial charge is 0.142 e. The molecule has 0 bridgehead atoms. The minimum atomic E-state index is -0.421. The number of hydrogen-bond acceptors (Lipinski definition) is 1. The summed E-state index contributed by atoms with van der Waals surface area (Å²) in [5.74, 6) is 0.365. The molecule has 0 fully saturated rings. The highest BCUT2D eigenvalue weighted by molar-refractivity contribution is 9.11. The lowest BCUT2D eigenvalue weighted by Gasteiger charge is -2.15. The third-order valence-electron chi connectivity index (χ3n) is 2.81. The molecule has 106 valence electrons. The highest BCUT2D eigenvalue weighted by Crippen LogP contribution is 2.40. The maximum Gasteiger partial charge on any atom is 0.142 e. The van der Waals surface area contributed by atoms with Crippen molar-refractivity contribution >= 4 is 43.5 Å². The van der Waals surface area contributed by atoms with Crippen LogP contribution in [0.5, 0.6) is 5.75 Å². The fourth-order valence-corrected chi connectivity index (χ4v) is 3.90. The molecular formula is C15H12Br2ClFO. The molecule has 0 heterocycles. The molecule has 2 aromatic rings. The van der Waals surface area contributed by atoms with Gasteiger partial charge in [-0.1, -0.05) is 61.7 Å². The summed E-state index contributed by atoms with van der Waals surface area (Å²) >= 11 is 13.1. The topological polar surface area (TPSA) is 9.23 Å². The molecule has 0 N–H and O–H groups in total. The summed E-state index contributed by atoms with van der Waals surface area (Å²) in [7, 11) is 0. The lowest BCUT2D eigenvalue weighted by Crippen LogP contribution is -1.98. The molecule has 0 saturated heterocycles. The molecule has 0 amide bonds. The lowest BCUT2D eigenvalue weighted by atomic mass is 10.0. The van der Waals surface area contributed by atoms with Crippen molar-refractivity contribution in [3.63, 3.8) is 0 Å². The van der Waals surface area contributed by atoms with Crippen molar-refractivity contribution in [2.45, 2.75) is 11.8 Å². The predicted octanol–water partition coefficient (Wildman–Crippen LogP) is 6.12. The molecule has 0 radical (unpaired) electrons. The molecule has 0 aromatic heterocycles. The Balaban J connectivity index is 2.38. The van der Waals surface area contributed by atoms with Crippen LogP contribution in [0.3, 0.4) is 0 Å². The van der Waals surface area contributed by atoms with Gasteiger partial charge in [-0.05, 0) is 36.2 Å². The second-order valence-corrected chi connectivity index (χ2v) is 6.27. The summed E-state index contributed by atoms with van der Waals surface area (Å²) in [5, 5.41) is 0.134. The number of benzene rings is 2. The van der Waals surface area contributed by atoms with Crippen molar-refractivity contribution in [3.05, 3.63) is 62.8 Å². The van der Waals surface area contributed by atoms with Gasteiger partial charge in [0.05, 0.1) is 16.5 Å². The van der Waals surface area contributed by atoms with Crippen LogP contribution in [0.15, 0.2) is 40.9 Å². The van der Waals surface area contributed by atoms with Gasteiger partial charge in [0.15, 0.2) is 0 Å². The molecule has 5 heteroatoms. The van der Waals surface area contributed by atoms with Crippen LogP contribution in [0.2, 0.25) is 5.02 Å². The Labute approximate surface area is 139 Å². The Kier molecular flexibility index (Phi) is 5.47. The van der Waals surface area contributed by atoms with Crippen LogP contribution in [-0.2, 0) is 0 Å². The van der Waals surface area contributed by atoms with Crippen molar-refractivity contribution in [2.75, 3.05) is 6.61 Å². The minimum absolute atomic E-state index is 0.134. The van der Waals surface area contributed by atoms with Crippen molar-refractivity contribution in [1.82, 2.24) is 0 Å². The standard InChI is InChI=1S/C15H12Br2ClFO/c1-2-20-9-6-7-10(12(16)8-9)14(17)11-4-3-5-13(19)15(11)18/h3-8,14H,2H2,1H3. The first-order valence-electron chi connectivity index (χ1n) is 6.04. The van der Waals surface area contributed by atoms with Crippen molar-refractivity contribution < 1.29 is 9.13 Å². The first-order chi connectivity index (χ1) is 9.54. The van der Waals surface area contributed by atoms with E-state index in [9.17, 15) is 4.39 Å². The van der Waals surface area contributed by atoms with E-state index in [-0.39, 0.29) is 9.85 Å². The Morgan fingerprint density at radius 2 is 2.00 bits per heavy atom. The SMILES string of the molecule is CCOc1ccc(C(Br)c2cccc(F)c2Cl)c(Br)c1. The van der Waals surface area contributed by atoms with Gasteiger partial charge in [-0.3, -0.25) is 0 Å². The number of ether oxygens (including phenoxy) is 1. The van der Waals surface area contributed by atoms with Gasteiger partial charge in [0.1, 0.15) is 11.6 Å². The van der Waals surface area contributed by atoms with E-state index < -0.39 is 5.82 Å². The molecule has 1 unspecified atom stereocenters. The number of hydrogen-bond donors (Lipinski definition) is 0. The van der Waals surface area contributed by atoms with E-state index in [0.29, 0.717) is 12.2 Å². The molecule has 20 heavy (non-hydrogen) atoms. The maximum atomic E-state index is 13.5. The quantitative estimate of drug-likeness (QED) is 0.539. The summed E-state index contributed by atoms with van der Waals surface area (Å²) in [6.45, 7) is 2.54. The molecule has 2 aromatic carbocycles. The second-order valence-electron chi connectivity index (χ2n) is 4.12. The van der Waals surface area contributed by atoms with E-state index in [1.54, 1.807) is 12.1 Å². The molecule has 0 aliphatic rings. The maximum absolute atomic E-state index is 13.5. The minimum Gasteiger partial charge on any atom is -0.494 e. The van der Waals surface area contributed by atoms with E-state index in [1.165, 1.54) is 6.07 Å². The van der Waals surface area contributed by atoms with Crippen LogP contribution in [0.25, 0.3) is 0 Å². The van der Waals surface area contributed by atoms with Gasteiger partial charge in [-0.2, -0.15) is 0 Å². The summed E-state index contributed by atoms with van der Waals surface area (Å²) in [6, 6.07) is 10.5. The van der Waals surface area contributed by atoms with Crippen molar-refractivity contribution in [2.24, 2.45) is 0 Å². The first-order valence-corrected chi connectivity index (χ1v) is 8.13. The third-order valence-corrected chi connectivity index (χ3v) is 4.88. The number of halogens is 4. The van der Waals surface area contributed by atoms with Gasteiger partial charge in [0.25, 0.3) is 0 Å². The van der Waals surface area contributed by atoms with E-state index in [2.05, 4.69) is 31.9 Å². The summed E-state index contributed by atoms with van der Waals surface area (Å²) < 4.78 is 19.9. The first kappa shape index (κ1) is 15.8. The monoisotopic (exact) mass is 420 g/mol. The second kappa shape index (κ2) is 6.92. The summed E-state index contributed by atoms with van der Waals surface area (Å²) in [5.41, 5.74) is 1.65. The Bertz CT molecular complexity index is 619. The Morgan fingerprint density at radius 3 is 2.65 bits per heavy atom.